The standard InChI is InChI=1S/C3H5.Hg.HI/c1-3-2;;/h3H,1-2H2;;1H/q;+1;/p-1. The summed E-state index contributed by atoms with van der Waals surface area (Å²) in [5, 5.41) is 0. The molecule has 0 saturated carbocycles. The van der Waals surface area contributed by atoms with Crippen LogP contribution in [0.5, 0.6) is 0 Å². The molecule has 0 bridgehead atoms. The van der Waals surface area contributed by atoms with Crippen LogP contribution in [0.2, 0.25) is 0 Å². The Bertz CT molecular complexity index is 14.4. The maximum Gasteiger partial charge on any atom is 1.00 e. The molecule has 2 radical (unpaired) electrons. The molecule has 26 valence electrons. The van der Waals surface area contributed by atoms with E-state index in [-0.39, 0.29) is 51.6 Å². The van der Waals surface area contributed by atoms with Crippen LogP contribution >= 0.6 is 0 Å². The van der Waals surface area contributed by atoms with Crippen LogP contribution in [0.4, 0.5) is 0 Å². The summed E-state index contributed by atoms with van der Waals surface area (Å²) in [5.74, 6) is 0. The van der Waals surface area contributed by atoms with Crippen molar-refractivity contribution in [3.63, 3.8) is 0 Å². The van der Waals surface area contributed by atoms with Crippen LogP contribution in [-0.2, 0) is 27.7 Å². The normalized spacial score (nSPS) is 2.60. The Kier molecular flexibility index (Phi) is 58.5. The van der Waals surface area contributed by atoms with Gasteiger partial charge in [0.05, 0.1) is 0 Å². The molecule has 0 nitrogen and oxygen atoms in total. The monoisotopic (exact) mass is 370 g/mol. The number of hydrogen-bond acceptors (Lipinski definition) is 0. The van der Waals surface area contributed by atoms with Gasteiger partial charge in [-0.2, -0.15) is 0 Å². The third-order valence-corrected chi connectivity index (χ3v) is 0. The van der Waals surface area contributed by atoms with E-state index in [0.717, 1.165) is 0 Å². The zero-order valence-electron chi connectivity index (χ0n) is 3.08. The van der Waals surface area contributed by atoms with E-state index in [1.807, 2.05) is 0 Å². The largest absolute Gasteiger partial charge is 1.00 e. The molecule has 0 aliphatic rings. The summed E-state index contributed by atoms with van der Waals surface area (Å²) in [6, 6.07) is 0. The van der Waals surface area contributed by atoms with Gasteiger partial charge < -0.3 is 24.0 Å². The van der Waals surface area contributed by atoms with Gasteiger partial charge in [-0.15, -0.1) is 6.58 Å². The second-order valence-electron chi connectivity index (χ2n) is 0.289. The summed E-state index contributed by atoms with van der Waals surface area (Å²) in [5.41, 5.74) is 0. The van der Waals surface area contributed by atoms with E-state index in [0.29, 0.717) is 0 Å². The predicted octanol–water partition coefficient (Wildman–Crippen LogP) is -1.99. The summed E-state index contributed by atoms with van der Waals surface area (Å²) < 4.78 is 0. The first-order valence-electron chi connectivity index (χ1n) is 0.816. The maximum absolute atomic E-state index is 3.25. The first kappa shape index (κ1) is 16.1. The molecule has 0 unspecified atom stereocenters. The number of allylic oxidation sites excluding steroid dienone is 1. The van der Waals surface area contributed by atoms with E-state index < -0.39 is 0 Å². The molecular formula is C3H5HgI. The Morgan fingerprint density at radius 3 is 1.40 bits per heavy atom. The smallest absolute Gasteiger partial charge is 1.00 e. The van der Waals surface area contributed by atoms with E-state index in [9.17, 15) is 0 Å². The van der Waals surface area contributed by atoms with Crippen LogP contribution < -0.4 is 24.0 Å². The van der Waals surface area contributed by atoms with Gasteiger partial charge in [0.15, 0.2) is 0 Å². The molecule has 2 heteroatoms. The van der Waals surface area contributed by atoms with Crippen molar-refractivity contribution >= 4 is 0 Å². The molecular weight excluding hydrogens is 364 g/mol. The molecule has 5 heavy (non-hydrogen) atoms. The molecule has 0 aromatic carbocycles. The zero-order valence-corrected chi connectivity index (χ0v) is 10.7. The van der Waals surface area contributed by atoms with Gasteiger partial charge in [-0.25, -0.2) is 0 Å². The van der Waals surface area contributed by atoms with Crippen LogP contribution in [0.25, 0.3) is 0 Å². The fourth-order valence-corrected chi connectivity index (χ4v) is 0. The number of rotatable bonds is 0. The first-order chi connectivity index (χ1) is 1.41. The van der Waals surface area contributed by atoms with Crippen molar-refractivity contribution in [1.82, 2.24) is 0 Å². The van der Waals surface area contributed by atoms with Crippen LogP contribution in [0.15, 0.2) is 12.7 Å². The first-order valence-corrected chi connectivity index (χ1v) is 0.816. The van der Waals surface area contributed by atoms with Crippen LogP contribution in [0, 0.1) is 6.92 Å². The topological polar surface area (TPSA) is 0 Å². The summed E-state index contributed by atoms with van der Waals surface area (Å²) in [4.78, 5) is 0. The van der Waals surface area contributed by atoms with Gasteiger partial charge in [0.1, 0.15) is 0 Å². The average Bonchev–Trinajstić information content (AvgIpc) is 0.918. The second-order valence-corrected chi connectivity index (χ2v) is 0.289. The Hall–Kier alpha value is 1.41. The fraction of sp³-hybridized carbons (Fsp3) is 0. The molecule has 0 amide bonds. The minimum Gasteiger partial charge on any atom is -1.00 e. The van der Waals surface area contributed by atoms with Crippen molar-refractivity contribution in [2.45, 2.75) is 0 Å². The van der Waals surface area contributed by atoms with Crippen molar-refractivity contribution in [2.75, 3.05) is 0 Å². The molecule has 0 aliphatic carbocycles. The summed E-state index contributed by atoms with van der Waals surface area (Å²) in [6.45, 7) is 6.50. The third-order valence-electron chi connectivity index (χ3n) is 0. The fourth-order valence-electron chi connectivity index (χ4n) is 0. The second kappa shape index (κ2) is 18.1. The Morgan fingerprint density at radius 1 is 1.40 bits per heavy atom. The predicted molar refractivity (Wildman–Crippen MR) is 15.6 cm³/mol. The average molecular weight is 369 g/mol. The van der Waals surface area contributed by atoms with Gasteiger partial charge in [-0.3, -0.25) is 0 Å². The van der Waals surface area contributed by atoms with Crippen molar-refractivity contribution in [1.29, 1.82) is 0 Å². The Morgan fingerprint density at radius 2 is 1.40 bits per heavy atom. The van der Waals surface area contributed by atoms with E-state index in [1.54, 1.807) is 0 Å². The van der Waals surface area contributed by atoms with Gasteiger partial charge >= 0.3 is 27.7 Å². The van der Waals surface area contributed by atoms with Gasteiger partial charge in [0.2, 0.25) is 0 Å². The SMILES string of the molecule is [CH2]C=C.[Hg+].[I-]. The van der Waals surface area contributed by atoms with Gasteiger partial charge in [0, 0.05) is 0 Å². The summed E-state index contributed by atoms with van der Waals surface area (Å²) in [6.07, 6.45) is 1.50. The maximum atomic E-state index is 3.25. The third kappa shape index (κ3) is 31.7. The molecule has 0 spiro atoms. The number of halogens is 1. The van der Waals surface area contributed by atoms with Gasteiger partial charge in [-0.05, 0) is 6.92 Å². The molecule has 0 saturated heterocycles. The Labute approximate surface area is 70.6 Å². The molecule has 0 aromatic heterocycles. The molecule has 0 fully saturated rings. The van der Waals surface area contributed by atoms with Gasteiger partial charge in [0.25, 0.3) is 0 Å². The molecule has 0 rings (SSSR count). The Balaban J connectivity index is -0.0000000200. The molecule has 0 aromatic rings. The summed E-state index contributed by atoms with van der Waals surface area (Å²) >= 11 is 0. The number of hydrogen-bond donors (Lipinski definition) is 0. The summed E-state index contributed by atoms with van der Waals surface area (Å²) in [7, 11) is 0. The molecule has 0 heterocycles. The van der Waals surface area contributed by atoms with E-state index in [4.69, 9.17) is 0 Å². The van der Waals surface area contributed by atoms with Crippen molar-refractivity contribution < 1.29 is 51.6 Å². The molecule has 0 N–H and O–H groups in total. The van der Waals surface area contributed by atoms with E-state index in [2.05, 4.69) is 13.5 Å². The minimum absolute atomic E-state index is 0. The minimum atomic E-state index is 0. The van der Waals surface area contributed by atoms with Crippen LogP contribution in [0.1, 0.15) is 0 Å². The van der Waals surface area contributed by atoms with Crippen molar-refractivity contribution in [3.05, 3.63) is 19.6 Å². The van der Waals surface area contributed by atoms with E-state index >= 15 is 0 Å². The molecule has 0 atom stereocenters. The van der Waals surface area contributed by atoms with E-state index in [1.165, 1.54) is 6.08 Å². The molecule has 0 aliphatic heterocycles. The zero-order chi connectivity index (χ0) is 2.71. The van der Waals surface area contributed by atoms with Crippen LogP contribution in [-0.4, -0.2) is 0 Å². The van der Waals surface area contributed by atoms with Crippen LogP contribution in [0.3, 0.4) is 0 Å². The van der Waals surface area contributed by atoms with Gasteiger partial charge in [-0.1, -0.05) is 6.08 Å². The van der Waals surface area contributed by atoms with Crippen molar-refractivity contribution in [3.8, 4) is 0 Å². The quantitative estimate of drug-likeness (QED) is 0.343. The van der Waals surface area contributed by atoms with Crippen molar-refractivity contribution in [2.24, 2.45) is 0 Å².